The van der Waals surface area contributed by atoms with Gasteiger partial charge in [-0.25, -0.2) is 0 Å². The van der Waals surface area contributed by atoms with Crippen molar-refractivity contribution in [2.75, 3.05) is 20.2 Å². The molecule has 0 unspecified atom stereocenters. The monoisotopic (exact) mass is 287 g/mol. The van der Waals surface area contributed by atoms with E-state index in [-0.39, 0.29) is 18.1 Å². The molecular weight excluding hydrogens is 274 g/mol. The summed E-state index contributed by atoms with van der Waals surface area (Å²) in [6.07, 6.45) is 0. The number of nitrogens with one attached hydrogen (secondary N) is 1. The fourth-order valence-corrected chi connectivity index (χ4v) is 1.70. The highest BCUT2D eigenvalue weighted by Crippen LogP contribution is 2.35. The maximum absolute atomic E-state index is 11.6. The summed E-state index contributed by atoms with van der Waals surface area (Å²) in [7, 11) is 1.71. The number of phenols is 1. The standard InChI is InChI=1S/C11H14BrNO3/c1-3-16-10-5-7(9(14)6-13-2)4-8(12)11(10)15/h4-5,13,15H,3,6H2,1-2H3. The molecule has 0 aliphatic rings. The van der Waals surface area contributed by atoms with Gasteiger partial charge in [-0.05, 0) is 42.0 Å². The largest absolute Gasteiger partial charge is 0.503 e. The van der Waals surface area contributed by atoms with Gasteiger partial charge in [0.25, 0.3) is 0 Å². The summed E-state index contributed by atoms with van der Waals surface area (Å²) in [6.45, 7) is 2.50. The second-order valence-corrected chi connectivity index (χ2v) is 4.05. The van der Waals surface area contributed by atoms with E-state index in [1.807, 2.05) is 6.92 Å². The first-order valence-electron chi connectivity index (χ1n) is 4.93. The molecule has 0 atom stereocenters. The molecule has 4 nitrogen and oxygen atoms in total. The summed E-state index contributed by atoms with van der Waals surface area (Å²) in [4.78, 5) is 11.6. The third kappa shape index (κ3) is 2.96. The van der Waals surface area contributed by atoms with Crippen molar-refractivity contribution in [3.63, 3.8) is 0 Å². The van der Waals surface area contributed by atoms with Crippen LogP contribution in [0.1, 0.15) is 17.3 Å². The van der Waals surface area contributed by atoms with Crippen molar-refractivity contribution in [3.05, 3.63) is 22.2 Å². The summed E-state index contributed by atoms with van der Waals surface area (Å²) >= 11 is 3.18. The zero-order valence-electron chi connectivity index (χ0n) is 9.21. The van der Waals surface area contributed by atoms with Gasteiger partial charge in [-0.15, -0.1) is 0 Å². The van der Waals surface area contributed by atoms with E-state index in [4.69, 9.17) is 4.74 Å². The van der Waals surface area contributed by atoms with Gasteiger partial charge in [0.2, 0.25) is 0 Å². The molecular formula is C11H14BrNO3. The number of halogens is 1. The van der Waals surface area contributed by atoms with Crippen molar-refractivity contribution in [3.8, 4) is 11.5 Å². The first kappa shape index (κ1) is 13.0. The van der Waals surface area contributed by atoms with E-state index in [1.165, 1.54) is 0 Å². The molecule has 0 aliphatic carbocycles. The highest BCUT2D eigenvalue weighted by Gasteiger charge is 2.13. The number of aromatic hydroxyl groups is 1. The molecule has 88 valence electrons. The summed E-state index contributed by atoms with van der Waals surface area (Å²) in [5.74, 6) is 0.281. The van der Waals surface area contributed by atoms with Crippen molar-refractivity contribution in [2.24, 2.45) is 0 Å². The molecule has 0 amide bonds. The number of Topliss-reactive ketones (excluding diaryl/α,β-unsaturated/α-hetero) is 1. The van der Waals surface area contributed by atoms with E-state index in [0.29, 0.717) is 22.4 Å². The molecule has 0 aliphatic heterocycles. The van der Waals surface area contributed by atoms with Crippen LogP contribution in [0, 0.1) is 0 Å². The van der Waals surface area contributed by atoms with Gasteiger partial charge in [0.05, 0.1) is 17.6 Å². The number of benzene rings is 1. The average molecular weight is 288 g/mol. The van der Waals surface area contributed by atoms with Crippen LogP contribution in [0.2, 0.25) is 0 Å². The van der Waals surface area contributed by atoms with Crippen LogP contribution in [0.3, 0.4) is 0 Å². The van der Waals surface area contributed by atoms with Crippen LogP contribution in [0.5, 0.6) is 11.5 Å². The maximum Gasteiger partial charge on any atom is 0.176 e. The van der Waals surface area contributed by atoms with Crippen molar-refractivity contribution in [2.45, 2.75) is 6.92 Å². The van der Waals surface area contributed by atoms with Crippen molar-refractivity contribution in [1.29, 1.82) is 0 Å². The molecule has 0 saturated heterocycles. The maximum atomic E-state index is 11.6. The summed E-state index contributed by atoms with van der Waals surface area (Å²) in [5, 5.41) is 12.4. The minimum Gasteiger partial charge on any atom is -0.503 e. The van der Waals surface area contributed by atoms with E-state index in [0.717, 1.165) is 0 Å². The fourth-order valence-electron chi connectivity index (χ4n) is 1.26. The normalized spacial score (nSPS) is 10.2. The second-order valence-electron chi connectivity index (χ2n) is 3.19. The van der Waals surface area contributed by atoms with Gasteiger partial charge in [-0.1, -0.05) is 0 Å². The number of carbonyl (C=O) groups is 1. The lowest BCUT2D eigenvalue weighted by molar-refractivity contribution is 0.0993. The van der Waals surface area contributed by atoms with Gasteiger partial charge in [-0.2, -0.15) is 0 Å². The van der Waals surface area contributed by atoms with Gasteiger partial charge in [-0.3, -0.25) is 4.79 Å². The Morgan fingerprint density at radius 2 is 2.25 bits per heavy atom. The lowest BCUT2D eigenvalue weighted by Gasteiger charge is -2.09. The van der Waals surface area contributed by atoms with E-state index in [9.17, 15) is 9.90 Å². The molecule has 0 heterocycles. The molecule has 1 aromatic rings. The smallest absolute Gasteiger partial charge is 0.176 e. The summed E-state index contributed by atoms with van der Waals surface area (Å²) < 4.78 is 5.69. The van der Waals surface area contributed by atoms with Crippen molar-refractivity contribution < 1.29 is 14.6 Å². The molecule has 0 radical (unpaired) electrons. The Kier molecular flexibility index (Phi) is 4.76. The summed E-state index contributed by atoms with van der Waals surface area (Å²) in [6, 6.07) is 3.13. The predicted octanol–water partition coefficient (Wildman–Crippen LogP) is 1.96. The topological polar surface area (TPSA) is 58.6 Å². The van der Waals surface area contributed by atoms with Crippen LogP contribution in [0.4, 0.5) is 0 Å². The minimum absolute atomic E-state index is 0.0165. The third-order valence-corrected chi connectivity index (χ3v) is 2.59. The molecule has 0 fully saturated rings. The van der Waals surface area contributed by atoms with Crippen molar-refractivity contribution >= 4 is 21.7 Å². The fraction of sp³-hybridized carbons (Fsp3) is 0.364. The Hall–Kier alpha value is -1.07. The Morgan fingerprint density at radius 1 is 1.56 bits per heavy atom. The first-order valence-corrected chi connectivity index (χ1v) is 5.72. The molecule has 1 aromatic carbocycles. The van der Waals surface area contributed by atoms with E-state index < -0.39 is 0 Å². The van der Waals surface area contributed by atoms with Gasteiger partial charge in [0.15, 0.2) is 17.3 Å². The van der Waals surface area contributed by atoms with Crippen LogP contribution in [-0.2, 0) is 0 Å². The molecule has 0 aromatic heterocycles. The van der Waals surface area contributed by atoms with Crippen LogP contribution >= 0.6 is 15.9 Å². The number of hydrogen-bond acceptors (Lipinski definition) is 4. The SMILES string of the molecule is CCOc1cc(C(=O)CNC)cc(Br)c1O. The van der Waals surface area contributed by atoms with Crippen LogP contribution in [0.15, 0.2) is 16.6 Å². The molecule has 2 N–H and O–H groups in total. The van der Waals surface area contributed by atoms with E-state index in [1.54, 1.807) is 19.2 Å². The zero-order valence-corrected chi connectivity index (χ0v) is 10.8. The average Bonchev–Trinajstić information content (AvgIpc) is 2.25. The highest BCUT2D eigenvalue weighted by molar-refractivity contribution is 9.10. The van der Waals surface area contributed by atoms with Gasteiger partial charge < -0.3 is 15.2 Å². The zero-order chi connectivity index (χ0) is 12.1. The quantitative estimate of drug-likeness (QED) is 0.813. The predicted molar refractivity (Wildman–Crippen MR) is 65.2 cm³/mol. The molecule has 0 spiro atoms. The number of phenolic OH excluding ortho intramolecular Hbond substituents is 1. The number of rotatable bonds is 5. The number of carbonyl (C=O) groups excluding carboxylic acids is 1. The highest BCUT2D eigenvalue weighted by atomic mass is 79.9. The Bertz CT molecular complexity index is 393. The van der Waals surface area contributed by atoms with Gasteiger partial charge in [0, 0.05) is 5.56 Å². The molecule has 0 saturated carbocycles. The first-order chi connectivity index (χ1) is 7.60. The second kappa shape index (κ2) is 5.86. The summed E-state index contributed by atoms with van der Waals surface area (Å²) in [5.41, 5.74) is 0.502. The Labute approximate surface area is 103 Å². The third-order valence-electron chi connectivity index (χ3n) is 1.99. The van der Waals surface area contributed by atoms with Gasteiger partial charge >= 0.3 is 0 Å². The van der Waals surface area contributed by atoms with Gasteiger partial charge in [0.1, 0.15) is 0 Å². The number of ether oxygens (including phenoxy) is 1. The number of ketones is 1. The van der Waals surface area contributed by atoms with E-state index in [2.05, 4.69) is 21.2 Å². The Morgan fingerprint density at radius 3 is 2.81 bits per heavy atom. The molecule has 16 heavy (non-hydrogen) atoms. The van der Waals surface area contributed by atoms with Crippen LogP contribution in [-0.4, -0.2) is 31.1 Å². The lowest BCUT2D eigenvalue weighted by Crippen LogP contribution is -2.18. The van der Waals surface area contributed by atoms with Crippen molar-refractivity contribution in [1.82, 2.24) is 5.32 Å². The Balaban J connectivity index is 3.08. The van der Waals surface area contributed by atoms with Crippen LogP contribution in [0.25, 0.3) is 0 Å². The van der Waals surface area contributed by atoms with E-state index >= 15 is 0 Å². The minimum atomic E-state index is -0.0517. The molecule has 1 rings (SSSR count). The van der Waals surface area contributed by atoms with Crippen LogP contribution < -0.4 is 10.1 Å². The lowest BCUT2D eigenvalue weighted by atomic mass is 10.1. The number of likely N-dealkylation sites (N-methyl/N-ethyl adjacent to an activating group) is 1. The molecule has 0 bridgehead atoms. The number of hydrogen-bond donors (Lipinski definition) is 2. The molecule has 5 heteroatoms.